The number of aromatic hydroxyl groups is 2. The molecule has 0 amide bonds. The normalized spacial score (nSPS) is 12.5. The summed E-state index contributed by atoms with van der Waals surface area (Å²) in [5.74, 6) is -1.14. The van der Waals surface area contributed by atoms with Crippen molar-refractivity contribution in [3.63, 3.8) is 0 Å². The van der Waals surface area contributed by atoms with Gasteiger partial charge in [-0.3, -0.25) is 9.11 Å². The molecule has 0 saturated carbocycles. The third kappa shape index (κ3) is 6.69. The lowest BCUT2D eigenvalue weighted by Gasteiger charge is -2.11. The molecule has 220 valence electrons. The zero-order chi connectivity index (χ0) is 30.8. The molecule has 0 heterocycles. The van der Waals surface area contributed by atoms with Crippen LogP contribution in [0.3, 0.4) is 0 Å². The molecular formula is C26H24N4O10S2. The molecule has 0 aliphatic carbocycles. The Morgan fingerprint density at radius 2 is 1.36 bits per heavy atom. The van der Waals surface area contributed by atoms with Gasteiger partial charge in [-0.2, -0.15) is 32.2 Å². The number of azo groups is 2. The van der Waals surface area contributed by atoms with Crippen molar-refractivity contribution in [3.8, 4) is 17.2 Å². The van der Waals surface area contributed by atoms with Gasteiger partial charge in [0.05, 0.1) is 34.0 Å². The van der Waals surface area contributed by atoms with Crippen LogP contribution in [-0.4, -0.2) is 54.5 Å². The molecule has 0 aliphatic heterocycles. The number of hydrogen-bond acceptors (Lipinski definition) is 12. The Balaban J connectivity index is 1.71. The number of nitrogens with zero attached hydrogens (tertiary/aromatic N) is 4. The van der Waals surface area contributed by atoms with E-state index in [9.17, 15) is 36.2 Å². The minimum absolute atomic E-state index is 0.106. The third-order valence-electron chi connectivity index (χ3n) is 5.92. The number of aliphatic hydroxyl groups excluding tert-OH is 1. The highest BCUT2D eigenvalue weighted by Gasteiger charge is 2.25. The first-order valence-electron chi connectivity index (χ1n) is 11.9. The van der Waals surface area contributed by atoms with Crippen LogP contribution in [0.15, 0.2) is 84.8 Å². The minimum Gasteiger partial charge on any atom is -0.507 e. The number of fused-ring (bicyclic) bond motifs is 1. The molecule has 0 spiro atoms. The first-order valence-corrected chi connectivity index (χ1v) is 14.8. The minimum atomic E-state index is -5.03. The molecule has 16 heteroatoms. The number of phenolic OH excluding ortho intramolecular Hbond substituents is 2. The third-order valence-corrected chi connectivity index (χ3v) is 7.62. The molecule has 0 unspecified atom stereocenters. The van der Waals surface area contributed by atoms with Crippen LogP contribution in [0.4, 0.5) is 22.7 Å². The molecule has 4 aromatic carbocycles. The zero-order valence-corrected chi connectivity index (χ0v) is 23.6. The highest BCUT2D eigenvalue weighted by Crippen LogP contribution is 2.45. The maximum absolute atomic E-state index is 12.1. The molecule has 0 atom stereocenters. The van der Waals surface area contributed by atoms with Crippen molar-refractivity contribution in [2.45, 2.75) is 23.6 Å². The molecule has 5 N–H and O–H groups in total. The van der Waals surface area contributed by atoms with E-state index in [1.54, 1.807) is 50.2 Å². The monoisotopic (exact) mass is 616 g/mol. The predicted octanol–water partition coefficient (Wildman–Crippen LogP) is 5.56. The molecular weight excluding hydrogens is 592 g/mol. The molecule has 4 rings (SSSR count). The van der Waals surface area contributed by atoms with Crippen LogP contribution in [-0.2, 0) is 20.2 Å². The van der Waals surface area contributed by atoms with Crippen LogP contribution in [0.25, 0.3) is 10.8 Å². The fourth-order valence-electron chi connectivity index (χ4n) is 3.87. The van der Waals surface area contributed by atoms with E-state index >= 15 is 0 Å². The van der Waals surface area contributed by atoms with Gasteiger partial charge in [-0.15, -0.1) is 5.11 Å². The fourth-order valence-corrected chi connectivity index (χ4v) is 5.06. The summed E-state index contributed by atoms with van der Waals surface area (Å²) >= 11 is 0. The number of benzene rings is 4. The van der Waals surface area contributed by atoms with Gasteiger partial charge in [0.1, 0.15) is 28.7 Å². The molecule has 0 aliphatic rings. The lowest BCUT2D eigenvalue weighted by molar-refractivity contribution is 0.201. The standard InChI is InChI=1S/C26H24N4O10S2/c1-14-10-21(15(2)9-20(14)28-27-17-3-5-18(6-4-17)40-8-7-31)29-30-25-23(42(37,38)39)12-16-11-19(41(34,35)36)13-22(32)24(16)26(25)33/h3-6,9-13,31-33H,7-8H2,1-2H3,(H,34,35,36)(H,37,38,39)/b28-27+,30-29+. The number of ether oxygens (including phenoxy) is 1. The Kier molecular flexibility index (Phi) is 8.55. The first kappa shape index (κ1) is 30.5. The summed E-state index contributed by atoms with van der Waals surface area (Å²) in [5.41, 5.74) is 1.74. The van der Waals surface area contributed by atoms with Gasteiger partial charge in [0.2, 0.25) is 0 Å². The second-order valence-corrected chi connectivity index (χ2v) is 11.8. The summed E-state index contributed by atoms with van der Waals surface area (Å²) in [5, 5.41) is 45.6. The van der Waals surface area contributed by atoms with Gasteiger partial charge in [0.15, 0.2) is 5.75 Å². The van der Waals surface area contributed by atoms with E-state index in [1.807, 2.05) is 0 Å². The van der Waals surface area contributed by atoms with E-state index in [2.05, 4.69) is 20.5 Å². The Morgan fingerprint density at radius 1 is 0.762 bits per heavy atom. The maximum atomic E-state index is 12.1. The van der Waals surface area contributed by atoms with Crippen molar-refractivity contribution in [2.24, 2.45) is 20.5 Å². The second-order valence-electron chi connectivity index (χ2n) is 8.95. The van der Waals surface area contributed by atoms with Crippen molar-refractivity contribution in [1.29, 1.82) is 0 Å². The maximum Gasteiger partial charge on any atom is 0.296 e. The summed E-state index contributed by atoms with van der Waals surface area (Å²) in [6, 6.07) is 12.2. The number of rotatable bonds is 9. The van der Waals surface area contributed by atoms with Crippen molar-refractivity contribution in [2.75, 3.05) is 13.2 Å². The number of phenols is 2. The Labute approximate surface area is 239 Å². The lowest BCUT2D eigenvalue weighted by atomic mass is 10.1. The molecule has 0 fully saturated rings. The van der Waals surface area contributed by atoms with Crippen LogP contribution in [0.1, 0.15) is 11.1 Å². The van der Waals surface area contributed by atoms with Gasteiger partial charge in [0, 0.05) is 6.07 Å². The van der Waals surface area contributed by atoms with Crippen molar-refractivity contribution >= 4 is 53.8 Å². The summed E-state index contributed by atoms with van der Waals surface area (Å²) < 4.78 is 71.7. The molecule has 0 bridgehead atoms. The average Bonchev–Trinajstić information content (AvgIpc) is 2.91. The van der Waals surface area contributed by atoms with E-state index in [1.165, 1.54) is 0 Å². The highest BCUT2D eigenvalue weighted by atomic mass is 32.2. The van der Waals surface area contributed by atoms with Gasteiger partial charge in [-0.25, -0.2) is 0 Å². The largest absolute Gasteiger partial charge is 0.507 e. The lowest BCUT2D eigenvalue weighted by Crippen LogP contribution is -2.01. The van der Waals surface area contributed by atoms with Crippen molar-refractivity contribution in [3.05, 3.63) is 65.7 Å². The number of aliphatic hydroxyl groups is 1. The first-order chi connectivity index (χ1) is 19.7. The van der Waals surface area contributed by atoms with Crippen LogP contribution in [0.2, 0.25) is 0 Å². The van der Waals surface area contributed by atoms with Gasteiger partial charge in [-0.05, 0) is 78.9 Å². The summed E-state index contributed by atoms with van der Waals surface area (Å²) in [7, 11) is -9.83. The van der Waals surface area contributed by atoms with E-state index in [0.29, 0.717) is 34.3 Å². The van der Waals surface area contributed by atoms with Gasteiger partial charge in [0.25, 0.3) is 20.2 Å². The van der Waals surface area contributed by atoms with Crippen LogP contribution in [0, 0.1) is 13.8 Å². The summed E-state index contributed by atoms with van der Waals surface area (Å²) in [6.07, 6.45) is 0. The summed E-state index contributed by atoms with van der Waals surface area (Å²) in [4.78, 5) is -1.69. The highest BCUT2D eigenvalue weighted by molar-refractivity contribution is 7.86. The molecule has 0 saturated heterocycles. The molecule has 0 aromatic heterocycles. The Morgan fingerprint density at radius 3 is 1.90 bits per heavy atom. The van der Waals surface area contributed by atoms with Crippen LogP contribution >= 0.6 is 0 Å². The molecule has 0 radical (unpaired) electrons. The van der Waals surface area contributed by atoms with E-state index in [4.69, 9.17) is 9.84 Å². The molecule has 4 aromatic rings. The quantitative estimate of drug-likeness (QED) is 0.116. The van der Waals surface area contributed by atoms with E-state index < -0.39 is 47.2 Å². The van der Waals surface area contributed by atoms with Crippen molar-refractivity contribution in [1.82, 2.24) is 0 Å². The Hall–Kier alpha value is -4.48. The van der Waals surface area contributed by atoms with E-state index in [0.717, 1.165) is 12.1 Å². The van der Waals surface area contributed by atoms with Gasteiger partial charge >= 0.3 is 0 Å². The number of hydrogen-bond donors (Lipinski definition) is 5. The molecule has 14 nitrogen and oxygen atoms in total. The number of aryl methyl sites for hydroxylation is 2. The smallest absolute Gasteiger partial charge is 0.296 e. The van der Waals surface area contributed by atoms with Crippen molar-refractivity contribution < 1.29 is 46.0 Å². The molecule has 42 heavy (non-hydrogen) atoms. The van der Waals surface area contributed by atoms with Crippen LogP contribution in [0.5, 0.6) is 17.2 Å². The Bertz CT molecular complexity index is 1960. The summed E-state index contributed by atoms with van der Waals surface area (Å²) in [6.45, 7) is 3.46. The predicted molar refractivity (Wildman–Crippen MR) is 150 cm³/mol. The van der Waals surface area contributed by atoms with E-state index in [-0.39, 0.29) is 29.7 Å². The second kappa shape index (κ2) is 11.8. The van der Waals surface area contributed by atoms with Gasteiger partial charge in [-0.1, -0.05) is 0 Å². The van der Waals surface area contributed by atoms with Crippen LogP contribution < -0.4 is 4.74 Å². The topological polar surface area (TPSA) is 228 Å². The van der Waals surface area contributed by atoms with Gasteiger partial charge < -0.3 is 20.1 Å². The zero-order valence-electron chi connectivity index (χ0n) is 22.0. The fraction of sp³-hybridized carbons (Fsp3) is 0.154. The SMILES string of the molecule is Cc1cc(/N=N/c2c(S(=O)(=O)O)cc3cc(S(=O)(=O)O)cc(O)c3c2O)c(C)cc1/N=N/c1ccc(OCCO)cc1. The average molecular weight is 617 g/mol.